The van der Waals surface area contributed by atoms with E-state index in [0.717, 1.165) is 33.7 Å². The Morgan fingerprint density at radius 1 is 1.04 bits per heavy atom. The molecule has 0 radical (unpaired) electrons. The van der Waals surface area contributed by atoms with Gasteiger partial charge in [0.25, 0.3) is 5.91 Å². The van der Waals surface area contributed by atoms with E-state index in [1.165, 1.54) is 0 Å². The van der Waals surface area contributed by atoms with Crippen molar-refractivity contribution in [2.24, 2.45) is 0 Å². The summed E-state index contributed by atoms with van der Waals surface area (Å²) in [7, 11) is 1.66. The molecule has 0 N–H and O–H groups in total. The second-order valence-electron chi connectivity index (χ2n) is 6.61. The van der Waals surface area contributed by atoms with Crippen LogP contribution in [0, 0.1) is 0 Å². The number of nitrogens with zero attached hydrogens (tertiary/aromatic N) is 1. The predicted molar refractivity (Wildman–Crippen MR) is 111 cm³/mol. The van der Waals surface area contributed by atoms with Crippen molar-refractivity contribution >= 4 is 23.2 Å². The van der Waals surface area contributed by atoms with Crippen molar-refractivity contribution in [3.63, 3.8) is 0 Å². The summed E-state index contributed by atoms with van der Waals surface area (Å²) >= 11 is 6.34. The fourth-order valence-corrected chi connectivity index (χ4v) is 3.61. The van der Waals surface area contributed by atoms with Crippen LogP contribution in [0.2, 0.25) is 5.02 Å². The highest BCUT2D eigenvalue weighted by molar-refractivity contribution is 6.31. The molecule has 4 nitrogen and oxygen atoms in total. The molecule has 0 saturated carbocycles. The van der Waals surface area contributed by atoms with Gasteiger partial charge in [-0.15, -0.1) is 0 Å². The summed E-state index contributed by atoms with van der Waals surface area (Å²) in [6, 6.07) is 21.5. The van der Waals surface area contributed by atoms with Gasteiger partial charge in [0.15, 0.2) is 0 Å². The van der Waals surface area contributed by atoms with Crippen LogP contribution in [-0.2, 0) is 22.7 Å². The molecule has 0 aliphatic carbocycles. The number of fused-ring (bicyclic) bond motifs is 1. The summed E-state index contributed by atoms with van der Waals surface area (Å²) < 4.78 is 11.1. The first kappa shape index (κ1) is 18.5. The number of carbonyl (C=O) groups excluding carboxylic acids is 1. The first-order valence-corrected chi connectivity index (χ1v) is 9.43. The van der Waals surface area contributed by atoms with Gasteiger partial charge < -0.3 is 14.4 Å². The number of methoxy groups -OCH3 is 1. The average Bonchev–Trinajstić information content (AvgIpc) is 2.88. The Bertz CT molecular complexity index is 1020. The van der Waals surface area contributed by atoms with E-state index in [1.807, 2.05) is 66.7 Å². The van der Waals surface area contributed by atoms with E-state index in [-0.39, 0.29) is 12.5 Å². The second-order valence-corrected chi connectivity index (χ2v) is 7.02. The molecule has 142 valence electrons. The minimum absolute atomic E-state index is 0.0448. The number of rotatable bonds is 4. The maximum Gasteiger partial charge on any atom is 0.253 e. The summed E-state index contributed by atoms with van der Waals surface area (Å²) in [6.07, 6.45) is 0. The molecular formula is C23H20ClNO3. The van der Waals surface area contributed by atoms with E-state index < -0.39 is 0 Å². The van der Waals surface area contributed by atoms with Crippen molar-refractivity contribution in [3.05, 3.63) is 82.9 Å². The van der Waals surface area contributed by atoms with E-state index in [9.17, 15) is 4.79 Å². The Balaban J connectivity index is 1.79. The van der Waals surface area contributed by atoms with Crippen LogP contribution in [0.4, 0.5) is 5.69 Å². The molecule has 4 rings (SSSR count). The lowest BCUT2D eigenvalue weighted by molar-refractivity contribution is -0.123. The molecule has 0 atom stereocenters. The fourth-order valence-electron chi connectivity index (χ4n) is 3.42. The zero-order chi connectivity index (χ0) is 19.5. The zero-order valence-corrected chi connectivity index (χ0v) is 16.3. The highest BCUT2D eigenvalue weighted by Crippen LogP contribution is 2.35. The van der Waals surface area contributed by atoms with Gasteiger partial charge in [0, 0.05) is 16.1 Å². The number of carbonyl (C=O) groups is 1. The lowest BCUT2D eigenvalue weighted by Crippen LogP contribution is -2.32. The topological polar surface area (TPSA) is 38.8 Å². The SMILES string of the molecule is COc1ccccc1-c1ccc2c(c1)N(Cc1ccccc1Cl)C(=O)COC2. The van der Waals surface area contributed by atoms with Gasteiger partial charge in [-0.05, 0) is 29.3 Å². The molecule has 1 aliphatic rings. The normalized spacial score (nSPS) is 13.8. The van der Waals surface area contributed by atoms with E-state index in [1.54, 1.807) is 12.0 Å². The first-order chi connectivity index (χ1) is 13.7. The molecule has 1 heterocycles. The van der Waals surface area contributed by atoms with Crippen LogP contribution in [0.15, 0.2) is 66.7 Å². The van der Waals surface area contributed by atoms with E-state index >= 15 is 0 Å². The van der Waals surface area contributed by atoms with Crippen LogP contribution in [0.5, 0.6) is 5.75 Å². The van der Waals surface area contributed by atoms with Gasteiger partial charge in [0.05, 0.1) is 25.9 Å². The zero-order valence-electron chi connectivity index (χ0n) is 15.5. The number of hydrogen-bond acceptors (Lipinski definition) is 3. The van der Waals surface area contributed by atoms with Crippen LogP contribution in [0.3, 0.4) is 0 Å². The summed E-state index contributed by atoms with van der Waals surface area (Å²) in [5.41, 5.74) is 4.66. The van der Waals surface area contributed by atoms with Crippen molar-refractivity contribution in [2.45, 2.75) is 13.2 Å². The van der Waals surface area contributed by atoms with Crippen LogP contribution in [0.25, 0.3) is 11.1 Å². The Morgan fingerprint density at radius 3 is 2.64 bits per heavy atom. The standard InChI is InChI=1S/C23H20ClNO3/c1-27-22-9-5-3-7-19(22)16-10-11-18-14-28-15-23(26)25(21(18)12-16)13-17-6-2-4-8-20(17)24/h2-12H,13-15H2,1H3. The lowest BCUT2D eigenvalue weighted by atomic mass is 10.0. The molecule has 0 unspecified atom stereocenters. The molecule has 5 heteroatoms. The van der Waals surface area contributed by atoms with Gasteiger partial charge in [0.2, 0.25) is 0 Å². The molecule has 28 heavy (non-hydrogen) atoms. The largest absolute Gasteiger partial charge is 0.496 e. The number of para-hydroxylation sites is 1. The number of amides is 1. The van der Waals surface area contributed by atoms with Gasteiger partial charge in [-0.2, -0.15) is 0 Å². The van der Waals surface area contributed by atoms with Gasteiger partial charge in [0.1, 0.15) is 12.4 Å². The lowest BCUT2D eigenvalue weighted by Gasteiger charge is -2.24. The van der Waals surface area contributed by atoms with E-state index in [0.29, 0.717) is 18.2 Å². The Labute approximate surface area is 169 Å². The summed E-state index contributed by atoms with van der Waals surface area (Å²) in [5.74, 6) is 0.701. The van der Waals surface area contributed by atoms with Crippen molar-refractivity contribution in [1.82, 2.24) is 0 Å². The summed E-state index contributed by atoms with van der Waals surface area (Å²) in [5, 5.41) is 0.642. The van der Waals surface area contributed by atoms with Gasteiger partial charge >= 0.3 is 0 Å². The monoisotopic (exact) mass is 393 g/mol. The number of anilines is 1. The minimum Gasteiger partial charge on any atom is -0.496 e. The van der Waals surface area contributed by atoms with Crippen molar-refractivity contribution in [3.8, 4) is 16.9 Å². The smallest absolute Gasteiger partial charge is 0.253 e. The van der Waals surface area contributed by atoms with Crippen molar-refractivity contribution in [2.75, 3.05) is 18.6 Å². The molecule has 0 spiro atoms. The molecule has 0 saturated heterocycles. The maximum absolute atomic E-state index is 12.8. The molecule has 0 fully saturated rings. The number of hydrogen-bond donors (Lipinski definition) is 0. The third-order valence-electron chi connectivity index (χ3n) is 4.86. The number of halogens is 1. The number of ether oxygens (including phenoxy) is 2. The van der Waals surface area contributed by atoms with E-state index in [4.69, 9.17) is 21.1 Å². The van der Waals surface area contributed by atoms with Crippen LogP contribution in [-0.4, -0.2) is 19.6 Å². The molecular weight excluding hydrogens is 374 g/mol. The van der Waals surface area contributed by atoms with E-state index in [2.05, 4.69) is 0 Å². The molecule has 3 aromatic rings. The third-order valence-corrected chi connectivity index (χ3v) is 5.23. The summed E-state index contributed by atoms with van der Waals surface area (Å²) in [6.45, 7) is 0.833. The van der Waals surface area contributed by atoms with Crippen molar-refractivity contribution < 1.29 is 14.3 Å². The van der Waals surface area contributed by atoms with Crippen LogP contribution < -0.4 is 9.64 Å². The Morgan fingerprint density at radius 2 is 1.82 bits per heavy atom. The second kappa shape index (κ2) is 8.05. The molecule has 0 bridgehead atoms. The van der Waals surface area contributed by atoms with Gasteiger partial charge in [-0.25, -0.2) is 0 Å². The Kier molecular flexibility index (Phi) is 5.33. The summed E-state index contributed by atoms with van der Waals surface area (Å²) in [4.78, 5) is 14.5. The maximum atomic E-state index is 12.8. The molecule has 1 amide bonds. The van der Waals surface area contributed by atoms with Crippen molar-refractivity contribution in [1.29, 1.82) is 0 Å². The first-order valence-electron chi connectivity index (χ1n) is 9.05. The quantitative estimate of drug-likeness (QED) is 0.620. The number of benzene rings is 3. The minimum atomic E-state index is -0.0872. The van der Waals surface area contributed by atoms with Crippen LogP contribution >= 0.6 is 11.6 Å². The van der Waals surface area contributed by atoms with Crippen LogP contribution in [0.1, 0.15) is 11.1 Å². The molecule has 3 aromatic carbocycles. The Hall–Kier alpha value is -2.82. The van der Waals surface area contributed by atoms with Gasteiger partial charge in [-0.3, -0.25) is 4.79 Å². The average molecular weight is 394 g/mol. The molecule has 0 aromatic heterocycles. The highest BCUT2D eigenvalue weighted by atomic mass is 35.5. The van der Waals surface area contributed by atoms with Gasteiger partial charge in [-0.1, -0.05) is 60.1 Å². The predicted octanol–water partition coefficient (Wildman–Crippen LogP) is 5.08. The molecule has 1 aliphatic heterocycles. The highest BCUT2D eigenvalue weighted by Gasteiger charge is 2.24. The fraction of sp³-hybridized carbons (Fsp3) is 0.174. The third kappa shape index (κ3) is 3.61.